The standard InChI is InChI=1S/C16H28O7P2/c1-13(2)8-6-9-14(3)10-7-11-15(4)12-16(5)22-25(20,21)23-24(17,18)19/h8,10,12H,5-7,9,11H2,1-4H3,(H,20,21)(H2,17,18,19). The van der Waals surface area contributed by atoms with Gasteiger partial charge in [0.15, 0.2) is 0 Å². The van der Waals surface area contributed by atoms with Crippen LogP contribution in [0.1, 0.15) is 53.4 Å². The van der Waals surface area contributed by atoms with Gasteiger partial charge in [0.1, 0.15) is 5.76 Å². The fourth-order valence-corrected chi connectivity index (χ4v) is 3.47. The second kappa shape index (κ2) is 10.9. The van der Waals surface area contributed by atoms with Gasteiger partial charge in [0.2, 0.25) is 0 Å². The summed E-state index contributed by atoms with van der Waals surface area (Å²) in [6, 6.07) is 0. The summed E-state index contributed by atoms with van der Waals surface area (Å²) in [7, 11) is -10.0. The van der Waals surface area contributed by atoms with Crippen LogP contribution in [0.2, 0.25) is 0 Å². The highest BCUT2D eigenvalue weighted by atomic mass is 31.3. The third-order valence-corrected chi connectivity index (χ3v) is 5.11. The Labute approximate surface area is 149 Å². The van der Waals surface area contributed by atoms with Gasteiger partial charge in [0, 0.05) is 0 Å². The quantitative estimate of drug-likeness (QED) is 0.192. The first-order chi connectivity index (χ1) is 11.3. The van der Waals surface area contributed by atoms with Crippen molar-refractivity contribution in [1.29, 1.82) is 0 Å². The van der Waals surface area contributed by atoms with Crippen LogP contribution >= 0.6 is 15.6 Å². The van der Waals surface area contributed by atoms with E-state index in [2.05, 4.69) is 48.3 Å². The predicted molar refractivity (Wildman–Crippen MR) is 98.6 cm³/mol. The fraction of sp³-hybridized carbons (Fsp3) is 0.500. The van der Waals surface area contributed by atoms with E-state index in [4.69, 9.17) is 9.79 Å². The third kappa shape index (κ3) is 15.1. The first-order valence-corrected chi connectivity index (χ1v) is 10.8. The highest BCUT2D eigenvalue weighted by molar-refractivity contribution is 7.60. The lowest BCUT2D eigenvalue weighted by molar-refractivity contribution is 0.211. The number of hydrogen-bond acceptors (Lipinski definition) is 4. The summed E-state index contributed by atoms with van der Waals surface area (Å²) < 4.78 is 30.1. The lowest BCUT2D eigenvalue weighted by Crippen LogP contribution is -1.93. The van der Waals surface area contributed by atoms with Gasteiger partial charge in [-0.1, -0.05) is 35.5 Å². The third-order valence-electron chi connectivity index (χ3n) is 2.97. The van der Waals surface area contributed by atoms with Crippen LogP contribution in [-0.2, 0) is 18.0 Å². The van der Waals surface area contributed by atoms with Crippen molar-refractivity contribution in [2.45, 2.75) is 53.4 Å². The van der Waals surface area contributed by atoms with Crippen molar-refractivity contribution >= 4 is 15.6 Å². The molecule has 9 heteroatoms. The molecule has 0 aliphatic rings. The summed E-state index contributed by atoms with van der Waals surface area (Å²) in [5.41, 5.74) is 3.43. The Bertz CT molecular complexity index is 637. The molecule has 0 amide bonds. The molecule has 25 heavy (non-hydrogen) atoms. The van der Waals surface area contributed by atoms with E-state index in [-0.39, 0.29) is 5.76 Å². The van der Waals surface area contributed by atoms with Crippen LogP contribution in [-0.4, -0.2) is 14.7 Å². The highest BCUT2D eigenvalue weighted by Crippen LogP contribution is 2.58. The minimum absolute atomic E-state index is 0.207. The van der Waals surface area contributed by atoms with Crippen molar-refractivity contribution in [3.05, 3.63) is 47.3 Å². The average molecular weight is 394 g/mol. The Morgan fingerprint density at radius 2 is 1.48 bits per heavy atom. The molecular weight excluding hydrogens is 366 g/mol. The Morgan fingerprint density at radius 3 is 2.00 bits per heavy atom. The van der Waals surface area contributed by atoms with Crippen molar-refractivity contribution in [3.63, 3.8) is 0 Å². The summed E-state index contributed by atoms with van der Waals surface area (Å²) in [4.78, 5) is 26.3. The maximum atomic E-state index is 11.4. The van der Waals surface area contributed by atoms with Gasteiger partial charge in [-0.2, -0.15) is 4.31 Å². The van der Waals surface area contributed by atoms with Gasteiger partial charge in [-0.25, -0.2) is 9.13 Å². The summed E-state index contributed by atoms with van der Waals surface area (Å²) in [6.45, 7) is 11.4. The number of phosphoric acid groups is 2. The maximum absolute atomic E-state index is 11.4. The minimum Gasteiger partial charge on any atom is -0.404 e. The van der Waals surface area contributed by atoms with E-state index >= 15 is 0 Å². The van der Waals surface area contributed by atoms with Gasteiger partial charge >= 0.3 is 15.6 Å². The summed E-state index contributed by atoms with van der Waals surface area (Å²) in [5.74, 6) is -0.207. The SMILES string of the molecule is C=C(C=C(C)CCC=C(C)CCC=C(C)C)OP(=O)(O)OP(=O)(O)O. The van der Waals surface area contributed by atoms with Crippen LogP contribution in [0.4, 0.5) is 0 Å². The zero-order valence-electron chi connectivity index (χ0n) is 15.1. The van der Waals surface area contributed by atoms with Crippen molar-refractivity contribution in [3.8, 4) is 0 Å². The minimum atomic E-state index is -5.13. The molecule has 0 saturated heterocycles. The van der Waals surface area contributed by atoms with E-state index in [1.807, 2.05) is 0 Å². The van der Waals surface area contributed by atoms with E-state index < -0.39 is 15.6 Å². The van der Waals surface area contributed by atoms with Crippen LogP contribution < -0.4 is 0 Å². The molecule has 1 unspecified atom stereocenters. The first kappa shape index (κ1) is 24.1. The molecule has 0 aliphatic carbocycles. The molecule has 0 heterocycles. The summed E-state index contributed by atoms with van der Waals surface area (Å²) in [5, 5.41) is 0. The average Bonchev–Trinajstić information content (AvgIpc) is 2.33. The molecule has 0 aromatic carbocycles. The molecule has 0 rings (SSSR count). The van der Waals surface area contributed by atoms with Crippen LogP contribution in [0.25, 0.3) is 0 Å². The first-order valence-electron chi connectivity index (χ1n) is 7.75. The van der Waals surface area contributed by atoms with Gasteiger partial charge in [-0.15, -0.1) is 0 Å². The molecule has 0 radical (unpaired) electrons. The predicted octanol–water partition coefficient (Wildman–Crippen LogP) is 5.15. The lowest BCUT2D eigenvalue weighted by Gasteiger charge is -2.13. The number of phosphoric ester groups is 1. The Morgan fingerprint density at radius 1 is 0.960 bits per heavy atom. The van der Waals surface area contributed by atoms with Gasteiger partial charge in [0.05, 0.1) is 0 Å². The van der Waals surface area contributed by atoms with Gasteiger partial charge in [-0.3, -0.25) is 4.89 Å². The monoisotopic (exact) mass is 394 g/mol. The Kier molecular flexibility index (Phi) is 10.5. The summed E-state index contributed by atoms with van der Waals surface area (Å²) in [6.07, 6.45) is 9.25. The van der Waals surface area contributed by atoms with Crippen LogP contribution in [0.5, 0.6) is 0 Å². The van der Waals surface area contributed by atoms with Gasteiger partial charge < -0.3 is 14.3 Å². The molecule has 0 saturated carbocycles. The zero-order chi connectivity index (χ0) is 19.7. The van der Waals surface area contributed by atoms with E-state index in [1.165, 1.54) is 17.2 Å². The summed E-state index contributed by atoms with van der Waals surface area (Å²) >= 11 is 0. The smallest absolute Gasteiger partial charge is 0.404 e. The molecule has 0 bridgehead atoms. The molecule has 1 atom stereocenters. The molecular formula is C16H28O7P2. The molecule has 0 fully saturated rings. The molecule has 7 nitrogen and oxygen atoms in total. The topological polar surface area (TPSA) is 113 Å². The van der Waals surface area contributed by atoms with Crippen LogP contribution in [0, 0.1) is 0 Å². The largest absolute Gasteiger partial charge is 0.536 e. The van der Waals surface area contributed by atoms with E-state index in [0.717, 1.165) is 24.8 Å². The highest BCUT2D eigenvalue weighted by Gasteiger charge is 2.33. The number of allylic oxidation sites excluding steroid dienone is 6. The molecule has 0 aromatic heterocycles. The van der Waals surface area contributed by atoms with E-state index in [9.17, 15) is 14.0 Å². The second-order valence-corrected chi connectivity index (χ2v) is 8.75. The number of rotatable bonds is 11. The van der Waals surface area contributed by atoms with Crippen molar-refractivity contribution < 1.29 is 32.6 Å². The lowest BCUT2D eigenvalue weighted by atomic mass is 10.1. The van der Waals surface area contributed by atoms with Gasteiger partial charge in [-0.05, 0) is 59.5 Å². The van der Waals surface area contributed by atoms with Crippen molar-refractivity contribution in [1.82, 2.24) is 0 Å². The zero-order valence-corrected chi connectivity index (χ0v) is 16.9. The normalized spacial score (nSPS) is 15.5. The number of hydrogen-bond donors (Lipinski definition) is 3. The van der Waals surface area contributed by atoms with E-state index in [1.54, 1.807) is 6.92 Å². The molecule has 0 spiro atoms. The van der Waals surface area contributed by atoms with Crippen LogP contribution in [0.15, 0.2) is 47.3 Å². The van der Waals surface area contributed by atoms with E-state index in [0.29, 0.717) is 6.42 Å². The Hall–Kier alpha value is -0.940. The van der Waals surface area contributed by atoms with Crippen molar-refractivity contribution in [2.75, 3.05) is 0 Å². The molecule has 144 valence electrons. The van der Waals surface area contributed by atoms with Crippen molar-refractivity contribution in [2.24, 2.45) is 0 Å². The molecule has 3 N–H and O–H groups in total. The van der Waals surface area contributed by atoms with Crippen LogP contribution in [0.3, 0.4) is 0 Å². The van der Waals surface area contributed by atoms with Gasteiger partial charge in [0.25, 0.3) is 0 Å². The Balaban J connectivity index is 4.44. The second-order valence-electron chi connectivity index (χ2n) is 6.00. The molecule has 0 aromatic rings. The molecule has 0 aliphatic heterocycles. The fourth-order valence-electron chi connectivity index (χ4n) is 1.91. The maximum Gasteiger partial charge on any atom is 0.536 e.